The fourth-order valence-corrected chi connectivity index (χ4v) is 5.90. The number of aliphatic carboxylic acids is 2. The fourth-order valence-electron chi connectivity index (χ4n) is 5.90. The normalized spacial score (nSPS) is 31.9. The Hall–Kier alpha value is -2.50. The van der Waals surface area contributed by atoms with E-state index in [0.717, 1.165) is 44.9 Å². The number of halogens is 3. The van der Waals surface area contributed by atoms with E-state index in [0.29, 0.717) is 12.0 Å². The minimum Gasteiger partial charge on any atom is -0.476 e. The highest BCUT2D eigenvalue weighted by atomic mass is 19.4. The number of alkyl halides is 3. The fraction of sp³-hybridized carbons (Fsp3) is 0.640. The van der Waals surface area contributed by atoms with Gasteiger partial charge in [0.05, 0.1) is 0 Å². The van der Waals surface area contributed by atoms with Gasteiger partial charge in [-0.3, -0.25) is 20.5 Å². The first-order valence-corrected chi connectivity index (χ1v) is 12.1. The number of carboxylic acid groups (broad SMARTS) is 2. The van der Waals surface area contributed by atoms with Crippen molar-refractivity contribution in [2.75, 3.05) is 14.1 Å². The van der Waals surface area contributed by atoms with E-state index in [2.05, 4.69) is 60.2 Å². The molecule has 4 N–H and O–H groups in total. The maximum atomic E-state index is 11.4. The van der Waals surface area contributed by atoms with E-state index in [1.165, 1.54) is 5.56 Å². The summed E-state index contributed by atoms with van der Waals surface area (Å²) >= 11 is 0. The van der Waals surface area contributed by atoms with Crippen LogP contribution >= 0.6 is 0 Å². The molecule has 8 nitrogen and oxygen atoms in total. The number of carbonyl (C=O) groups is 3. The zero-order chi connectivity index (χ0) is 26.7. The third-order valence-corrected chi connectivity index (χ3v) is 8.13. The van der Waals surface area contributed by atoms with E-state index in [4.69, 9.17) is 15.0 Å². The molecule has 1 unspecified atom stereocenters. The minimum atomic E-state index is -5.08. The van der Waals surface area contributed by atoms with Crippen LogP contribution in [-0.4, -0.2) is 64.7 Å². The SMILES string of the molecule is CN(C)C1(c2ccccc2)CCC2(CC1)CC(C1CC(CC(=O)C(=O)O)C1)NN2.O=C(O)C(F)(F)F. The van der Waals surface area contributed by atoms with E-state index in [9.17, 15) is 22.8 Å². The Bertz CT molecular complexity index is 940. The second kappa shape index (κ2) is 10.9. The molecule has 0 amide bonds. The molecule has 1 saturated heterocycles. The zero-order valence-electron chi connectivity index (χ0n) is 20.5. The summed E-state index contributed by atoms with van der Waals surface area (Å²) in [6, 6.07) is 11.3. The van der Waals surface area contributed by atoms with Crippen LogP contribution < -0.4 is 10.9 Å². The van der Waals surface area contributed by atoms with Gasteiger partial charge in [-0.2, -0.15) is 13.2 Å². The van der Waals surface area contributed by atoms with Crippen LogP contribution in [0.2, 0.25) is 0 Å². The third kappa shape index (κ3) is 6.24. The van der Waals surface area contributed by atoms with Crippen molar-refractivity contribution < 1.29 is 37.8 Å². The Kier molecular flexibility index (Phi) is 8.47. The van der Waals surface area contributed by atoms with E-state index >= 15 is 0 Å². The number of nitrogens with one attached hydrogen (secondary N) is 2. The number of rotatable bonds is 6. The van der Waals surface area contributed by atoms with Gasteiger partial charge in [0.1, 0.15) is 0 Å². The first-order valence-electron chi connectivity index (χ1n) is 12.1. The number of hydrogen-bond donors (Lipinski definition) is 4. The molecule has 0 radical (unpaired) electrons. The van der Waals surface area contributed by atoms with Crippen LogP contribution in [0.3, 0.4) is 0 Å². The van der Waals surface area contributed by atoms with Crippen LogP contribution in [-0.2, 0) is 19.9 Å². The lowest BCUT2D eigenvalue weighted by Crippen LogP contribution is -2.53. The molecule has 2 aliphatic carbocycles. The number of benzene rings is 1. The molecule has 200 valence electrons. The molecule has 1 aromatic carbocycles. The Morgan fingerprint density at radius 3 is 2.06 bits per heavy atom. The van der Waals surface area contributed by atoms with Crippen LogP contribution in [0.15, 0.2) is 30.3 Å². The van der Waals surface area contributed by atoms with Gasteiger partial charge in [0.2, 0.25) is 5.78 Å². The lowest BCUT2D eigenvalue weighted by atomic mass is 9.64. The highest BCUT2D eigenvalue weighted by molar-refractivity contribution is 6.32. The summed E-state index contributed by atoms with van der Waals surface area (Å²) in [4.78, 5) is 33.4. The first-order chi connectivity index (χ1) is 16.8. The highest BCUT2D eigenvalue weighted by Crippen LogP contribution is 2.49. The molecular weight excluding hydrogens is 479 g/mol. The van der Waals surface area contributed by atoms with Gasteiger partial charge >= 0.3 is 18.1 Å². The summed E-state index contributed by atoms with van der Waals surface area (Å²) in [6.45, 7) is 0. The number of ketones is 1. The Balaban J connectivity index is 0.000000454. The van der Waals surface area contributed by atoms with Crippen molar-refractivity contribution in [3.8, 4) is 0 Å². The van der Waals surface area contributed by atoms with Gasteiger partial charge in [0.25, 0.3) is 0 Å². The van der Waals surface area contributed by atoms with Crippen molar-refractivity contribution in [2.24, 2.45) is 11.8 Å². The van der Waals surface area contributed by atoms with E-state index < -0.39 is 23.9 Å². The smallest absolute Gasteiger partial charge is 0.476 e. The predicted octanol–water partition coefficient (Wildman–Crippen LogP) is 3.33. The highest BCUT2D eigenvalue weighted by Gasteiger charge is 2.50. The largest absolute Gasteiger partial charge is 0.490 e. The molecule has 36 heavy (non-hydrogen) atoms. The van der Waals surface area contributed by atoms with Crippen molar-refractivity contribution in [2.45, 2.75) is 74.7 Å². The molecule has 2 saturated carbocycles. The Morgan fingerprint density at radius 1 is 1.03 bits per heavy atom. The molecule has 1 atom stereocenters. The summed E-state index contributed by atoms with van der Waals surface area (Å²) in [5.41, 5.74) is 8.86. The number of nitrogens with zero attached hydrogens (tertiary/aromatic N) is 1. The minimum absolute atomic E-state index is 0.102. The van der Waals surface area contributed by atoms with Gasteiger partial charge in [-0.1, -0.05) is 30.3 Å². The van der Waals surface area contributed by atoms with Crippen LogP contribution in [0.4, 0.5) is 13.2 Å². The predicted molar refractivity (Wildman–Crippen MR) is 125 cm³/mol. The molecule has 0 aromatic heterocycles. The Morgan fingerprint density at radius 2 is 1.58 bits per heavy atom. The monoisotopic (exact) mass is 513 g/mol. The molecule has 11 heteroatoms. The van der Waals surface area contributed by atoms with Crippen LogP contribution in [0.25, 0.3) is 0 Å². The van der Waals surface area contributed by atoms with Crippen LogP contribution in [0, 0.1) is 11.8 Å². The molecule has 1 heterocycles. The van der Waals surface area contributed by atoms with Gasteiger partial charge in [-0.15, -0.1) is 0 Å². The van der Waals surface area contributed by atoms with Gasteiger partial charge in [0, 0.05) is 23.5 Å². The van der Waals surface area contributed by atoms with Gasteiger partial charge in [-0.05, 0) is 76.4 Å². The summed E-state index contributed by atoms with van der Waals surface area (Å²) < 4.78 is 31.7. The summed E-state index contributed by atoms with van der Waals surface area (Å²) in [5.74, 6) is -3.91. The summed E-state index contributed by atoms with van der Waals surface area (Å²) in [7, 11) is 4.39. The zero-order valence-corrected chi connectivity index (χ0v) is 20.5. The molecule has 1 spiro atoms. The quantitative estimate of drug-likeness (QED) is 0.428. The molecule has 4 rings (SSSR count). The molecule has 1 aromatic rings. The Labute approximate surface area is 208 Å². The molecular formula is C25H34F3N3O5. The number of hydrogen-bond acceptors (Lipinski definition) is 6. The van der Waals surface area contributed by atoms with Gasteiger partial charge in [-0.25, -0.2) is 9.59 Å². The van der Waals surface area contributed by atoms with E-state index in [-0.39, 0.29) is 23.4 Å². The number of Topliss-reactive ketones (excluding diaryl/α,β-unsaturated/α-hetero) is 1. The molecule has 1 aliphatic heterocycles. The average Bonchev–Trinajstić information content (AvgIpc) is 3.19. The summed E-state index contributed by atoms with van der Waals surface area (Å²) in [6.07, 6.45) is 2.68. The van der Waals surface area contributed by atoms with E-state index in [1.54, 1.807) is 0 Å². The molecule has 3 fully saturated rings. The maximum absolute atomic E-state index is 11.4. The number of carboxylic acids is 2. The second-order valence-corrected chi connectivity index (χ2v) is 10.5. The number of carbonyl (C=O) groups excluding carboxylic acids is 1. The van der Waals surface area contributed by atoms with Gasteiger partial charge < -0.3 is 10.2 Å². The second-order valence-electron chi connectivity index (χ2n) is 10.5. The average molecular weight is 514 g/mol. The molecule has 3 aliphatic rings. The van der Waals surface area contributed by atoms with Crippen molar-refractivity contribution in [1.82, 2.24) is 15.8 Å². The van der Waals surface area contributed by atoms with Gasteiger partial charge in [0.15, 0.2) is 0 Å². The molecule has 0 bridgehead atoms. The number of hydrazine groups is 1. The van der Waals surface area contributed by atoms with Crippen molar-refractivity contribution in [3.63, 3.8) is 0 Å². The van der Waals surface area contributed by atoms with E-state index in [1.807, 2.05) is 0 Å². The maximum Gasteiger partial charge on any atom is 0.490 e. The van der Waals surface area contributed by atoms with Crippen molar-refractivity contribution in [3.05, 3.63) is 35.9 Å². The standard InChI is InChI=1S/C23H33N3O3.C2HF3O2/c1-26(2)23(18-6-4-3-5-7-18)10-8-22(9-11-23)15-19(24-25-22)17-12-16(13-17)14-20(27)21(28)29;3-2(4,5)1(6)7/h3-7,16-17,19,24-25H,8-15H2,1-2H3,(H,28,29);(H,6,7). The van der Waals surface area contributed by atoms with Crippen molar-refractivity contribution >= 4 is 17.7 Å². The summed E-state index contributed by atoms with van der Waals surface area (Å²) in [5, 5.41) is 15.9. The lowest BCUT2D eigenvalue weighted by molar-refractivity contribution is -0.192. The first kappa shape index (κ1) is 28.1. The topological polar surface area (TPSA) is 119 Å². The van der Waals surface area contributed by atoms with Crippen LogP contribution in [0.5, 0.6) is 0 Å². The lowest BCUT2D eigenvalue weighted by Gasteiger charge is -2.49. The van der Waals surface area contributed by atoms with Crippen LogP contribution in [0.1, 0.15) is 56.9 Å². The third-order valence-electron chi connectivity index (χ3n) is 8.13. The van der Waals surface area contributed by atoms with Crippen molar-refractivity contribution in [1.29, 1.82) is 0 Å².